The molecule has 0 saturated heterocycles. The number of carbonyl (C=O) groups excluding carboxylic acids is 1. The molecule has 27 heavy (non-hydrogen) atoms. The van der Waals surface area contributed by atoms with E-state index in [1.807, 2.05) is 48.5 Å². The van der Waals surface area contributed by atoms with Crippen LogP contribution in [-0.4, -0.2) is 33.1 Å². The molecule has 136 valence electrons. The molecule has 1 aromatic heterocycles. The van der Waals surface area contributed by atoms with E-state index >= 15 is 0 Å². The van der Waals surface area contributed by atoms with Gasteiger partial charge in [0.05, 0.1) is 5.92 Å². The van der Waals surface area contributed by atoms with Gasteiger partial charge in [0.1, 0.15) is 11.5 Å². The highest BCUT2D eigenvalue weighted by atomic mass is 16.5. The third-order valence-electron chi connectivity index (χ3n) is 5.46. The van der Waals surface area contributed by atoms with Crippen molar-refractivity contribution in [1.29, 1.82) is 0 Å². The minimum Gasteiger partial charge on any atom is -0.457 e. The summed E-state index contributed by atoms with van der Waals surface area (Å²) in [6, 6.07) is 15.5. The summed E-state index contributed by atoms with van der Waals surface area (Å²) in [6.45, 7) is 0.613. The lowest BCUT2D eigenvalue weighted by Crippen LogP contribution is -2.36. The van der Waals surface area contributed by atoms with Crippen molar-refractivity contribution in [2.24, 2.45) is 5.41 Å². The third-order valence-corrected chi connectivity index (χ3v) is 5.46. The summed E-state index contributed by atoms with van der Waals surface area (Å²) in [5.41, 5.74) is 1.84. The van der Waals surface area contributed by atoms with Crippen LogP contribution < -0.4 is 10.1 Å². The van der Waals surface area contributed by atoms with Crippen molar-refractivity contribution in [2.75, 3.05) is 6.54 Å². The molecule has 0 spiro atoms. The monoisotopic (exact) mass is 361 g/mol. The zero-order valence-corrected chi connectivity index (χ0v) is 14.7. The molecular weight excluding hydrogens is 342 g/mol. The predicted molar refractivity (Wildman–Crippen MR) is 97.4 cm³/mol. The first-order chi connectivity index (χ1) is 13.2. The number of amides is 1. The van der Waals surface area contributed by atoms with Crippen LogP contribution in [0.15, 0.2) is 48.5 Å². The fourth-order valence-corrected chi connectivity index (χ4v) is 3.75. The van der Waals surface area contributed by atoms with E-state index < -0.39 is 0 Å². The number of carbonyl (C=O) groups is 1. The lowest BCUT2D eigenvalue weighted by atomic mass is 9.87. The van der Waals surface area contributed by atoms with Gasteiger partial charge in [-0.2, -0.15) is 5.21 Å². The van der Waals surface area contributed by atoms with Crippen LogP contribution in [0.1, 0.15) is 35.7 Å². The van der Waals surface area contributed by atoms with E-state index in [2.05, 4.69) is 25.9 Å². The van der Waals surface area contributed by atoms with E-state index in [9.17, 15) is 4.79 Å². The summed E-state index contributed by atoms with van der Waals surface area (Å²) in [5, 5.41) is 17.4. The molecule has 2 aliphatic rings. The van der Waals surface area contributed by atoms with Crippen molar-refractivity contribution in [3.63, 3.8) is 0 Å². The average molecular weight is 361 g/mol. The molecule has 2 N–H and O–H groups in total. The van der Waals surface area contributed by atoms with E-state index in [1.165, 1.54) is 0 Å². The first-order valence-electron chi connectivity index (χ1n) is 9.10. The van der Waals surface area contributed by atoms with E-state index in [-0.39, 0.29) is 17.2 Å². The summed E-state index contributed by atoms with van der Waals surface area (Å²) in [5.74, 6) is 1.81. The second kappa shape index (κ2) is 6.19. The number of aromatic amines is 1. The van der Waals surface area contributed by atoms with Gasteiger partial charge in [0, 0.05) is 24.1 Å². The maximum Gasteiger partial charge on any atom is 0.232 e. The van der Waals surface area contributed by atoms with Crippen LogP contribution in [0.2, 0.25) is 0 Å². The minimum atomic E-state index is -0.368. The Bertz CT molecular complexity index is 936. The molecule has 7 heteroatoms. The van der Waals surface area contributed by atoms with Gasteiger partial charge in [0.2, 0.25) is 5.91 Å². The number of hydrogen-bond acceptors (Lipinski definition) is 5. The van der Waals surface area contributed by atoms with Gasteiger partial charge in [-0.3, -0.25) is 4.79 Å². The molecule has 7 nitrogen and oxygen atoms in total. The molecule has 1 aliphatic heterocycles. The lowest BCUT2D eigenvalue weighted by molar-refractivity contribution is -0.122. The zero-order valence-electron chi connectivity index (χ0n) is 14.7. The summed E-state index contributed by atoms with van der Waals surface area (Å²) in [7, 11) is 0. The van der Waals surface area contributed by atoms with Gasteiger partial charge < -0.3 is 10.1 Å². The number of nitrogens with one attached hydrogen (secondary N) is 2. The fourth-order valence-electron chi connectivity index (χ4n) is 3.75. The number of aromatic nitrogens is 4. The number of tetrazole rings is 1. The van der Waals surface area contributed by atoms with Gasteiger partial charge >= 0.3 is 0 Å². The molecule has 3 aromatic rings. The SMILES string of the molecule is O=C(NCC1(Cc2nn[nH]n2)CC1)C1c2ccccc2Oc2ccccc21. The normalized spacial score (nSPS) is 16.7. The second-order valence-electron chi connectivity index (χ2n) is 7.33. The maximum atomic E-state index is 13.2. The van der Waals surface area contributed by atoms with Crippen LogP contribution in [0.5, 0.6) is 11.5 Å². The highest BCUT2D eigenvalue weighted by Crippen LogP contribution is 2.48. The molecule has 1 saturated carbocycles. The number of rotatable bonds is 5. The highest BCUT2D eigenvalue weighted by Gasteiger charge is 2.44. The van der Waals surface area contributed by atoms with E-state index in [4.69, 9.17) is 4.74 Å². The molecule has 1 aliphatic carbocycles. The summed E-state index contributed by atoms with van der Waals surface area (Å²) >= 11 is 0. The van der Waals surface area contributed by atoms with Crippen LogP contribution in [0.4, 0.5) is 0 Å². The Hall–Kier alpha value is -3.22. The van der Waals surface area contributed by atoms with Crippen LogP contribution in [0.25, 0.3) is 0 Å². The molecule has 0 unspecified atom stereocenters. The summed E-state index contributed by atoms with van der Waals surface area (Å²) in [4.78, 5) is 13.2. The number of fused-ring (bicyclic) bond motifs is 2. The van der Waals surface area contributed by atoms with Gasteiger partial charge in [0.15, 0.2) is 5.82 Å². The Labute approximate surface area is 156 Å². The summed E-state index contributed by atoms with van der Waals surface area (Å²) < 4.78 is 5.98. The largest absolute Gasteiger partial charge is 0.457 e. The van der Waals surface area contributed by atoms with Crippen LogP contribution >= 0.6 is 0 Å². The smallest absolute Gasteiger partial charge is 0.232 e. The molecule has 0 bridgehead atoms. The number of nitrogens with zero attached hydrogens (tertiary/aromatic N) is 3. The molecule has 2 heterocycles. The van der Waals surface area contributed by atoms with Crippen LogP contribution in [0, 0.1) is 5.41 Å². The molecule has 1 amide bonds. The lowest BCUT2D eigenvalue weighted by Gasteiger charge is -2.28. The van der Waals surface area contributed by atoms with Gasteiger partial charge in [-0.05, 0) is 30.4 Å². The third kappa shape index (κ3) is 2.95. The number of ether oxygens (including phenoxy) is 1. The van der Waals surface area contributed by atoms with Crippen LogP contribution in [0.3, 0.4) is 0 Å². The first kappa shape index (κ1) is 16.0. The van der Waals surface area contributed by atoms with Crippen LogP contribution in [-0.2, 0) is 11.2 Å². The molecule has 0 radical (unpaired) electrons. The Morgan fingerprint density at radius 2 is 1.78 bits per heavy atom. The van der Waals surface area contributed by atoms with E-state index in [0.29, 0.717) is 12.4 Å². The molecular formula is C20H19N5O2. The van der Waals surface area contributed by atoms with Gasteiger partial charge in [-0.25, -0.2) is 0 Å². The highest BCUT2D eigenvalue weighted by molar-refractivity contribution is 5.89. The van der Waals surface area contributed by atoms with Crippen molar-refractivity contribution < 1.29 is 9.53 Å². The predicted octanol–water partition coefficient (Wildman–Crippen LogP) is 2.58. The number of para-hydroxylation sites is 2. The topological polar surface area (TPSA) is 92.8 Å². The summed E-state index contributed by atoms with van der Waals surface area (Å²) in [6.07, 6.45) is 2.84. The quantitative estimate of drug-likeness (QED) is 0.729. The standard InChI is InChI=1S/C20H19N5O2/c26-19(21-12-20(9-10-20)11-17-22-24-25-23-17)18-13-5-1-3-7-15(13)27-16-8-4-2-6-14(16)18/h1-8,18H,9-12H2,(H,21,26)(H,22,23,24,25). The maximum absolute atomic E-state index is 13.2. The van der Waals surface area contributed by atoms with E-state index in [1.54, 1.807) is 0 Å². The number of hydrogen-bond donors (Lipinski definition) is 2. The Kier molecular flexibility index (Phi) is 3.67. The van der Waals surface area contributed by atoms with E-state index in [0.717, 1.165) is 41.9 Å². The number of H-pyrrole nitrogens is 1. The molecule has 0 atom stereocenters. The Morgan fingerprint density at radius 1 is 1.11 bits per heavy atom. The minimum absolute atomic E-state index is 0.00223. The van der Waals surface area contributed by atoms with Gasteiger partial charge in [-0.15, -0.1) is 10.2 Å². The van der Waals surface area contributed by atoms with Crippen molar-refractivity contribution in [1.82, 2.24) is 25.9 Å². The van der Waals surface area contributed by atoms with Crippen molar-refractivity contribution in [3.8, 4) is 11.5 Å². The molecule has 2 aromatic carbocycles. The number of benzene rings is 2. The molecule has 5 rings (SSSR count). The van der Waals surface area contributed by atoms with Crippen molar-refractivity contribution in [3.05, 3.63) is 65.5 Å². The second-order valence-corrected chi connectivity index (χ2v) is 7.33. The Balaban J connectivity index is 1.37. The van der Waals surface area contributed by atoms with Gasteiger partial charge in [0.25, 0.3) is 0 Å². The molecule has 1 fully saturated rings. The fraction of sp³-hybridized carbons (Fsp3) is 0.300. The zero-order chi connectivity index (χ0) is 18.3. The average Bonchev–Trinajstić information content (AvgIpc) is 3.27. The van der Waals surface area contributed by atoms with Crippen molar-refractivity contribution >= 4 is 5.91 Å². The van der Waals surface area contributed by atoms with Gasteiger partial charge in [-0.1, -0.05) is 41.6 Å². The Morgan fingerprint density at radius 3 is 2.37 bits per heavy atom. The van der Waals surface area contributed by atoms with Crippen molar-refractivity contribution in [2.45, 2.75) is 25.2 Å². The first-order valence-corrected chi connectivity index (χ1v) is 9.10.